The first kappa shape index (κ1) is 21.7. The molecule has 2 aromatic carbocycles. The van der Waals surface area contributed by atoms with Gasteiger partial charge in [-0.15, -0.1) is 11.3 Å². The Bertz CT molecular complexity index is 1230. The third-order valence-corrected chi connectivity index (χ3v) is 6.21. The average Bonchev–Trinajstić information content (AvgIpc) is 3.36. The van der Waals surface area contributed by atoms with Gasteiger partial charge in [0.2, 0.25) is 5.91 Å². The molecule has 2 aromatic heterocycles. The lowest BCUT2D eigenvalue weighted by Crippen LogP contribution is -2.37. The van der Waals surface area contributed by atoms with E-state index in [0.29, 0.717) is 18.0 Å². The summed E-state index contributed by atoms with van der Waals surface area (Å²) in [5.41, 5.74) is 2.88. The zero-order valence-corrected chi connectivity index (χ0v) is 18.4. The van der Waals surface area contributed by atoms with Crippen LogP contribution in [-0.2, 0) is 17.8 Å². The van der Waals surface area contributed by atoms with Gasteiger partial charge < -0.3 is 10.6 Å². The van der Waals surface area contributed by atoms with Gasteiger partial charge in [0.05, 0.1) is 23.7 Å². The Hall–Kier alpha value is -3.52. The van der Waals surface area contributed by atoms with Crippen molar-refractivity contribution in [3.8, 4) is 0 Å². The third-order valence-electron chi connectivity index (χ3n) is 5.06. The SMILES string of the molecule is Cc1nn(Cc2ccc(F)cc2)c2sc(C(=O)NCC(=O)NCCc3ccccc3)cc12. The van der Waals surface area contributed by atoms with E-state index in [2.05, 4.69) is 15.7 Å². The normalized spacial score (nSPS) is 10.9. The summed E-state index contributed by atoms with van der Waals surface area (Å²) < 4.78 is 15.0. The van der Waals surface area contributed by atoms with E-state index in [4.69, 9.17) is 0 Å². The lowest BCUT2D eigenvalue weighted by Gasteiger charge is -2.06. The maximum absolute atomic E-state index is 13.2. The molecule has 32 heavy (non-hydrogen) atoms. The fourth-order valence-electron chi connectivity index (χ4n) is 3.40. The molecule has 0 aliphatic heterocycles. The summed E-state index contributed by atoms with van der Waals surface area (Å²) in [5.74, 6) is -0.805. The molecule has 0 radical (unpaired) electrons. The fourth-order valence-corrected chi connectivity index (χ4v) is 4.47. The summed E-state index contributed by atoms with van der Waals surface area (Å²) in [5, 5.41) is 10.9. The van der Waals surface area contributed by atoms with Gasteiger partial charge in [-0.3, -0.25) is 14.3 Å². The van der Waals surface area contributed by atoms with Crippen LogP contribution in [0.5, 0.6) is 0 Å². The van der Waals surface area contributed by atoms with Crippen LogP contribution in [0.25, 0.3) is 10.2 Å². The van der Waals surface area contributed by atoms with E-state index in [1.54, 1.807) is 18.2 Å². The molecule has 2 heterocycles. The van der Waals surface area contributed by atoms with E-state index in [-0.39, 0.29) is 24.2 Å². The summed E-state index contributed by atoms with van der Waals surface area (Å²) in [7, 11) is 0. The first-order valence-corrected chi connectivity index (χ1v) is 11.1. The van der Waals surface area contributed by atoms with Crippen molar-refractivity contribution in [2.75, 3.05) is 13.1 Å². The van der Waals surface area contributed by atoms with E-state index in [1.807, 2.05) is 41.9 Å². The Balaban J connectivity index is 1.34. The highest BCUT2D eigenvalue weighted by molar-refractivity contribution is 7.20. The van der Waals surface area contributed by atoms with Crippen molar-refractivity contribution in [3.05, 3.63) is 88.2 Å². The Morgan fingerprint density at radius 1 is 1.03 bits per heavy atom. The second-order valence-electron chi connectivity index (χ2n) is 7.47. The van der Waals surface area contributed by atoms with E-state index < -0.39 is 0 Å². The standard InChI is InChI=1S/C24H23FN4O2S/c1-16-20-13-21(32-24(20)29(28-16)15-18-7-9-19(25)10-8-18)23(31)27-14-22(30)26-12-11-17-5-3-2-4-6-17/h2-10,13H,11-12,14-15H2,1H3,(H,26,30)(H,27,31). The molecular formula is C24H23FN4O2S. The van der Waals surface area contributed by atoms with Crippen LogP contribution in [0.4, 0.5) is 4.39 Å². The number of aromatic nitrogens is 2. The summed E-state index contributed by atoms with van der Waals surface area (Å²) in [4.78, 5) is 26.0. The molecule has 4 aromatic rings. The number of carbonyl (C=O) groups excluding carboxylic acids is 2. The van der Waals surface area contributed by atoms with Gasteiger partial charge in [0.15, 0.2) is 0 Å². The maximum atomic E-state index is 13.2. The number of benzene rings is 2. The van der Waals surface area contributed by atoms with Gasteiger partial charge in [-0.2, -0.15) is 5.10 Å². The highest BCUT2D eigenvalue weighted by atomic mass is 32.1. The molecule has 164 valence electrons. The number of aryl methyl sites for hydroxylation is 1. The molecule has 0 bridgehead atoms. The predicted molar refractivity (Wildman–Crippen MR) is 123 cm³/mol. The minimum atomic E-state index is -0.294. The Morgan fingerprint density at radius 2 is 1.78 bits per heavy atom. The first-order chi connectivity index (χ1) is 15.5. The van der Waals surface area contributed by atoms with Crippen LogP contribution in [0.3, 0.4) is 0 Å². The number of hydrogen-bond acceptors (Lipinski definition) is 4. The van der Waals surface area contributed by atoms with Gasteiger partial charge >= 0.3 is 0 Å². The zero-order chi connectivity index (χ0) is 22.5. The van der Waals surface area contributed by atoms with Gasteiger partial charge in [0, 0.05) is 11.9 Å². The maximum Gasteiger partial charge on any atom is 0.261 e. The monoisotopic (exact) mass is 450 g/mol. The smallest absolute Gasteiger partial charge is 0.261 e. The molecule has 2 amide bonds. The van der Waals surface area contributed by atoms with Crippen molar-refractivity contribution in [3.63, 3.8) is 0 Å². The molecule has 8 heteroatoms. The van der Waals surface area contributed by atoms with Crippen LogP contribution in [0, 0.1) is 12.7 Å². The number of amides is 2. The highest BCUT2D eigenvalue weighted by Crippen LogP contribution is 2.28. The van der Waals surface area contributed by atoms with Gasteiger partial charge in [-0.25, -0.2) is 4.39 Å². The Labute approximate surface area is 189 Å². The third kappa shape index (κ3) is 5.20. The van der Waals surface area contributed by atoms with E-state index in [9.17, 15) is 14.0 Å². The van der Waals surface area contributed by atoms with Crippen LogP contribution in [-0.4, -0.2) is 34.7 Å². The number of thiophene rings is 1. The van der Waals surface area contributed by atoms with Gasteiger partial charge in [-0.05, 0) is 42.7 Å². The minimum Gasteiger partial charge on any atom is -0.354 e. The van der Waals surface area contributed by atoms with Crippen LogP contribution in [0.2, 0.25) is 0 Å². The van der Waals surface area contributed by atoms with Crippen molar-refractivity contribution < 1.29 is 14.0 Å². The molecule has 0 saturated heterocycles. The first-order valence-electron chi connectivity index (χ1n) is 10.3. The Kier molecular flexibility index (Phi) is 6.61. The number of rotatable bonds is 8. The van der Waals surface area contributed by atoms with Crippen molar-refractivity contribution in [2.45, 2.75) is 19.9 Å². The molecule has 0 unspecified atom stereocenters. The van der Waals surface area contributed by atoms with Crippen LogP contribution >= 0.6 is 11.3 Å². The van der Waals surface area contributed by atoms with Crippen LogP contribution < -0.4 is 10.6 Å². The van der Waals surface area contributed by atoms with Crippen molar-refractivity contribution >= 4 is 33.4 Å². The van der Waals surface area contributed by atoms with Crippen molar-refractivity contribution in [1.82, 2.24) is 20.4 Å². The lowest BCUT2D eigenvalue weighted by molar-refractivity contribution is -0.120. The number of nitrogens with zero attached hydrogens (tertiary/aromatic N) is 2. The fraction of sp³-hybridized carbons (Fsp3) is 0.208. The number of carbonyl (C=O) groups is 2. The molecular weight excluding hydrogens is 427 g/mol. The van der Waals surface area contributed by atoms with Crippen molar-refractivity contribution in [1.29, 1.82) is 0 Å². The summed E-state index contributed by atoms with van der Waals surface area (Å²) in [6.07, 6.45) is 0.737. The predicted octanol–water partition coefficient (Wildman–Crippen LogP) is 3.68. The molecule has 0 saturated carbocycles. The van der Waals surface area contributed by atoms with Crippen LogP contribution in [0.15, 0.2) is 60.7 Å². The molecule has 4 rings (SSSR count). The number of hydrogen-bond donors (Lipinski definition) is 2. The van der Waals surface area contributed by atoms with Crippen LogP contribution in [0.1, 0.15) is 26.5 Å². The van der Waals surface area contributed by atoms with E-state index in [1.165, 1.54) is 23.5 Å². The topological polar surface area (TPSA) is 76.0 Å². The zero-order valence-electron chi connectivity index (χ0n) is 17.6. The second kappa shape index (κ2) is 9.74. The summed E-state index contributed by atoms with van der Waals surface area (Å²) >= 11 is 1.32. The highest BCUT2D eigenvalue weighted by Gasteiger charge is 2.17. The van der Waals surface area contributed by atoms with Crippen molar-refractivity contribution in [2.24, 2.45) is 0 Å². The van der Waals surface area contributed by atoms with E-state index in [0.717, 1.165) is 33.5 Å². The van der Waals surface area contributed by atoms with Gasteiger partial charge in [-0.1, -0.05) is 42.5 Å². The molecule has 0 spiro atoms. The molecule has 0 aliphatic rings. The number of fused-ring (bicyclic) bond motifs is 1. The molecule has 6 nitrogen and oxygen atoms in total. The molecule has 0 fully saturated rings. The Morgan fingerprint density at radius 3 is 2.53 bits per heavy atom. The largest absolute Gasteiger partial charge is 0.354 e. The van der Waals surface area contributed by atoms with E-state index >= 15 is 0 Å². The summed E-state index contributed by atoms with van der Waals surface area (Å²) in [6, 6.07) is 18.0. The van der Waals surface area contributed by atoms with Gasteiger partial charge in [0.25, 0.3) is 5.91 Å². The minimum absolute atomic E-state index is 0.0808. The van der Waals surface area contributed by atoms with Gasteiger partial charge in [0.1, 0.15) is 10.6 Å². The lowest BCUT2D eigenvalue weighted by atomic mass is 10.1. The molecule has 2 N–H and O–H groups in total. The number of nitrogens with one attached hydrogen (secondary N) is 2. The summed E-state index contributed by atoms with van der Waals surface area (Å²) in [6.45, 7) is 2.80. The quantitative estimate of drug-likeness (QED) is 0.430. The number of halogens is 1. The average molecular weight is 451 g/mol. The molecule has 0 atom stereocenters. The second-order valence-corrected chi connectivity index (χ2v) is 8.50. The molecule has 0 aliphatic carbocycles.